The third-order valence-electron chi connectivity index (χ3n) is 5.67. The van der Waals surface area contributed by atoms with E-state index in [0.29, 0.717) is 43.2 Å². The molecule has 0 spiro atoms. The van der Waals surface area contributed by atoms with E-state index >= 15 is 0 Å². The standard InChI is InChI=1S/C24H26N4O4/c1-16-15-21(27-32-16)26-24(31)22(17-7-3-2-4-8-17)28-13-11-18(12-14-28)23(30)25-19-9-5-6-10-20(19)29/h2-10,15,18,22,29H,11-14H2,1H3,(H,25,30)(H,26,27,31)/t22-/m0/s1. The van der Waals surface area contributed by atoms with Gasteiger partial charge in [-0.25, -0.2) is 0 Å². The molecule has 3 aromatic rings. The Balaban J connectivity index is 1.43. The number of piperidine rings is 1. The summed E-state index contributed by atoms with van der Waals surface area (Å²) in [6, 6.07) is 17.4. The lowest BCUT2D eigenvalue weighted by atomic mass is 9.93. The van der Waals surface area contributed by atoms with Gasteiger partial charge in [0.1, 0.15) is 17.6 Å². The van der Waals surface area contributed by atoms with Crippen LogP contribution in [0.5, 0.6) is 5.75 Å². The Morgan fingerprint density at radius 2 is 1.75 bits per heavy atom. The average molecular weight is 434 g/mol. The molecule has 1 fully saturated rings. The van der Waals surface area contributed by atoms with Gasteiger partial charge in [0.2, 0.25) is 11.8 Å². The van der Waals surface area contributed by atoms with Crippen molar-refractivity contribution in [2.75, 3.05) is 23.7 Å². The van der Waals surface area contributed by atoms with E-state index < -0.39 is 6.04 Å². The van der Waals surface area contributed by atoms with E-state index in [9.17, 15) is 14.7 Å². The van der Waals surface area contributed by atoms with E-state index in [2.05, 4.69) is 20.7 Å². The number of aromatic nitrogens is 1. The predicted octanol–water partition coefficient (Wildman–Crippen LogP) is 3.72. The van der Waals surface area contributed by atoms with Gasteiger partial charge in [-0.1, -0.05) is 47.6 Å². The molecule has 0 saturated carbocycles. The van der Waals surface area contributed by atoms with Gasteiger partial charge in [0, 0.05) is 12.0 Å². The summed E-state index contributed by atoms with van der Waals surface area (Å²) < 4.78 is 5.05. The Morgan fingerprint density at radius 1 is 1.06 bits per heavy atom. The average Bonchev–Trinajstić information content (AvgIpc) is 3.21. The number of carbonyl (C=O) groups is 2. The zero-order valence-electron chi connectivity index (χ0n) is 17.8. The summed E-state index contributed by atoms with van der Waals surface area (Å²) in [6.45, 7) is 2.94. The van der Waals surface area contributed by atoms with Crippen LogP contribution in [0.3, 0.4) is 0 Å². The van der Waals surface area contributed by atoms with Crippen LogP contribution in [0.4, 0.5) is 11.5 Å². The first-order valence-electron chi connectivity index (χ1n) is 10.6. The van der Waals surface area contributed by atoms with Crippen LogP contribution in [-0.2, 0) is 9.59 Å². The van der Waals surface area contributed by atoms with Gasteiger partial charge in [-0.15, -0.1) is 0 Å². The number of hydrogen-bond acceptors (Lipinski definition) is 6. The lowest BCUT2D eigenvalue weighted by Crippen LogP contribution is -2.44. The highest BCUT2D eigenvalue weighted by atomic mass is 16.5. The molecule has 166 valence electrons. The lowest BCUT2D eigenvalue weighted by Gasteiger charge is -2.36. The number of aromatic hydroxyl groups is 1. The Bertz CT molecular complexity index is 1070. The Morgan fingerprint density at radius 3 is 2.41 bits per heavy atom. The van der Waals surface area contributed by atoms with Crippen molar-refractivity contribution in [3.8, 4) is 5.75 Å². The van der Waals surface area contributed by atoms with Gasteiger partial charge < -0.3 is 20.3 Å². The highest BCUT2D eigenvalue weighted by Gasteiger charge is 2.33. The van der Waals surface area contributed by atoms with E-state index in [0.717, 1.165) is 5.56 Å². The molecule has 2 heterocycles. The van der Waals surface area contributed by atoms with E-state index in [1.54, 1.807) is 31.2 Å². The van der Waals surface area contributed by atoms with Crippen LogP contribution < -0.4 is 10.6 Å². The van der Waals surface area contributed by atoms with Crippen molar-refractivity contribution in [2.45, 2.75) is 25.8 Å². The van der Waals surface area contributed by atoms with Crippen LogP contribution in [0.1, 0.15) is 30.2 Å². The summed E-state index contributed by atoms with van der Waals surface area (Å²) in [6.07, 6.45) is 1.22. The largest absolute Gasteiger partial charge is 0.506 e. The van der Waals surface area contributed by atoms with Gasteiger partial charge in [-0.3, -0.25) is 14.5 Å². The SMILES string of the molecule is Cc1cc(NC(=O)[C@H](c2ccccc2)N2CCC(C(=O)Nc3ccccc3O)CC2)no1. The Kier molecular flexibility index (Phi) is 6.51. The molecule has 0 radical (unpaired) electrons. The molecule has 4 rings (SSSR count). The molecule has 8 nitrogen and oxygen atoms in total. The van der Waals surface area contributed by atoms with E-state index in [4.69, 9.17) is 4.52 Å². The molecule has 8 heteroatoms. The number of nitrogens with zero attached hydrogens (tertiary/aromatic N) is 2. The van der Waals surface area contributed by atoms with Gasteiger partial charge in [0.05, 0.1) is 5.69 Å². The first-order chi connectivity index (χ1) is 15.5. The van der Waals surface area contributed by atoms with Crippen molar-refractivity contribution < 1.29 is 19.2 Å². The molecule has 3 N–H and O–H groups in total. The van der Waals surface area contributed by atoms with Crippen LogP contribution in [0.25, 0.3) is 0 Å². The number of hydrogen-bond donors (Lipinski definition) is 3. The molecular weight excluding hydrogens is 408 g/mol. The summed E-state index contributed by atoms with van der Waals surface area (Å²) in [5.74, 6) is 0.537. The maximum Gasteiger partial charge on any atom is 0.247 e. The molecular formula is C24H26N4O4. The number of aryl methyl sites for hydroxylation is 1. The number of para-hydroxylation sites is 2. The highest BCUT2D eigenvalue weighted by molar-refractivity contribution is 5.95. The molecule has 1 aliphatic heterocycles. The number of likely N-dealkylation sites (tertiary alicyclic amines) is 1. The molecule has 1 aliphatic rings. The number of carbonyl (C=O) groups excluding carboxylic acids is 2. The fraction of sp³-hybridized carbons (Fsp3) is 0.292. The molecule has 1 aromatic heterocycles. The van der Waals surface area contributed by atoms with Gasteiger partial charge >= 0.3 is 0 Å². The van der Waals surface area contributed by atoms with Crippen molar-refractivity contribution in [3.63, 3.8) is 0 Å². The quantitative estimate of drug-likeness (QED) is 0.511. The second-order valence-corrected chi connectivity index (χ2v) is 7.94. The Labute approximate surface area is 186 Å². The van der Waals surface area contributed by atoms with Crippen LogP contribution >= 0.6 is 0 Å². The van der Waals surface area contributed by atoms with Crippen LogP contribution in [0, 0.1) is 12.8 Å². The zero-order chi connectivity index (χ0) is 22.5. The summed E-state index contributed by atoms with van der Waals surface area (Å²) in [5, 5.41) is 19.4. The maximum atomic E-state index is 13.2. The minimum absolute atomic E-state index is 0.0437. The number of phenols is 1. The van der Waals surface area contributed by atoms with Crippen LogP contribution in [-0.4, -0.2) is 40.1 Å². The molecule has 0 unspecified atom stereocenters. The van der Waals surface area contributed by atoms with Gasteiger partial charge in [-0.2, -0.15) is 0 Å². The fourth-order valence-electron chi connectivity index (χ4n) is 4.02. The first kappa shape index (κ1) is 21.6. The Hall–Kier alpha value is -3.65. The molecule has 0 bridgehead atoms. The molecule has 1 saturated heterocycles. The number of rotatable bonds is 6. The summed E-state index contributed by atoms with van der Waals surface area (Å²) in [7, 11) is 0. The minimum atomic E-state index is -0.504. The van der Waals surface area contributed by atoms with Crippen molar-refractivity contribution in [1.82, 2.24) is 10.1 Å². The van der Waals surface area contributed by atoms with Crippen LogP contribution in [0.2, 0.25) is 0 Å². The van der Waals surface area contributed by atoms with E-state index in [-0.39, 0.29) is 23.5 Å². The predicted molar refractivity (Wildman–Crippen MR) is 120 cm³/mol. The topological polar surface area (TPSA) is 108 Å². The minimum Gasteiger partial charge on any atom is -0.506 e. The number of anilines is 2. The summed E-state index contributed by atoms with van der Waals surface area (Å²) >= 11 is 0. The fourth-order valence-corrected chi connectivity index (χ4v) is 4.02. The van der Waals surface area contributed by atoms with Gasteiger partial charge in [-0.05, 0) is 50.6 Å². The summed E-state index contributed by atoms with van der Waals surface area (Å²) in [5.41, 5.74) is 1.28. The van der Waals surface area contributed by atoms with Gasteiger partial charge in [0.15, 0.2) is 5.82 Å². The number of amides is 2. The van der Waals surface area contributed by atoms with Crippen molar-refractivity contribution in [1.29, 1.82) is 0 Å². The third-order valence-corrected chi connectivity index (χ3v) is 5.67. The molecule has 32 heavy (non-hydrogen) atoms. The van der Waals surface area contributed by atoms with Crippen LogP contribution in [0.15, 0.2) is 65.2 Å². The maximum absolute atomic E-state index is 13.2. The van der Waals surface area contributed by atoms with Gasteiger partial charge in [0.25, 0.3) is 0 Å². The number of phenolic OH excluding ortho intramolecular Hbond substituents is 1. The monoisotopic (exact) mass is 434 g/mol. The highest BCUT2D eigenvalue weighted by Crippen LogP contribution is 2.30. The number of benzene rings is 2. The smallest absolute Gasteiger partial charge is 0.247 e. The molecule has 1 atom stereocenters. The molecule has 2 aromatic carbocycles. The second-order valence-electron chi connectivity index (χ2n) is 7.94. The summed E-state index contributed by atoms with van der Waals surface area (Å²) in [4.78, 5) is 28.0. The second kappa shape index (κ2) is 9.65. The van der Waals surface area contributed by atoms with Crippen molar-refractivity contribution >= 4 is 23.3 Å². The molecule has 2 amide bonds. The third kappa shape index (κ3) is 4.97. The number of nitrogens with one attached hydrogen (secondary N) is 2. The van der Waals surface area contributed by atoms with E-state index in [1.165, 1.54) is 6.07 Å². The first-order valence-corrected chi connectivity index (χ1v) is 10.6. The van der Waals surface area contributed by atoms with E-state index in [1.807, 2.05) is 30.3 Å². The molecule has 0 aliphatic carbocycles. The zero-order valence-corrected chi connectivity index (χ0v) is 17.8. The normalized spacial score (nSPS) is 15.8. The van der Waals surface area contributed by atoms with Crippen molar-refractivity contribution in [3.05, 3.63) is 72.0 Å². The lowest BCUT2D eigenvalue weighted by molar-refractivity contribution is -0.124. The van der Waals surface area contributed by atoms with Crippen molar-refractivity contribution in [2.24, 2.45) is 5.92 Å².